The highest BCUT2D eigenvalue weighted by Crippen LogP contribution is 2.24. The smallest absolute Gasteiger partial charge is 0.223 e. The molecule has 0 fully saturated rings. The van der Waals surface area contributed by atoms with E-state index in [9.17, 15) is 4.79 Å². The maximum atomic E-state index is 11.4. The van der Waals surface area contributed by atoms with Crippen molar-refractivity contribution in [1.82, 2.24) is 5.32 Å². The number of halogens is 1. The lowest BCUT2D eigenvalue weighted by molar-refractivity contribution is -0.121. The molecule has 20 heavy (non-hydrogen) atoms. The molecule has 1 aromatic carbocycles. The molecule has 0 saturated carbocycles. The number of carbonyl (C=O) groups excluding carboxylic acids is 1. The van der Waals surface area contributed by atoms with Crippen LogP contribution in [0.2, 0.25) is 0 Å². The second-order valence-electron chi connectivity index (χ2n) is 4.68. The molecule has 0 aromatic heterocycles. The zero-order valence-corrected chi connectivity index (χ0v) is 13.7. The summed E-state index contributed by atoms with van der Waals surface area (Å²) >= 11 is 3.46. The minimum Gasteiger partial charge on any atom is -0.493 e. The number of nitrogens with two attached hydrogens (primary N) is 1. The quantitative estimate of drug-likeness (QED) is 0.763. The first-order valence-electron chi connectivity index (χ1n) is 7.00. The predicted octanol–water partition coefficient (Wildman–Crippen LogP) is 2.63. The summed E-state index contributed by atoms with van der Waals surface area (Å²) in [6.07, 6.45) is 2.06. The van der Waals surface area contributed by atoms with Gasteiger partial charge in [0.15, 0.2) is 0 Å². The monoisotopic (exact) mass is 342 g/mol. The summed E-state index contributed by atoms with van der Waals surface area (Å²) in [5, 5.41) is 2.75. The number of amides is 1. The third-order valence-corrected chi connectivity index (χ3v) is 3.48. The summed E-state index contributed by atoms with van der Waals surface area (Å²) in [6, 6.07) is 5.99. The Morgan fingerprint density at radius 3 is 2.85 bits per heavy atom. The molecule has 5 heteroatoms. The van der Waals surface area contributed by atoms with Crippen LogP contribution in [0.15, 0.2) is 22.7 Å². The summed E-state index contributed by atoms with van der Waals surface area (Å²) in [7, 11) is 0. The van der Waals surface area contributed by atoms with Crippen LogP contribution in [-0.2, 0) is 11.2 Å². The Morgan fingerprint density at radius 2 is 2.20 bits per heavy atom. The van der Waals surface area contributed by atoms with Crippen molar-refractivity contribution in [3.8, 4) is 5.75 Å². The predicted molar refractivity (Wildman–Crippen MR) is 84.9 cm³/mol. The lowest BCUT2D eigenvalue weighted by Gasteiger charge is -2.15. The molecule has 112 valence electrons. The highest BCUT2D eigenvalue weighted by molar-refractivity contribution is 9.10. The lowest BCUT2D eigenvalue weighted by Crippen LogP contribution is -2.24. The molecule has 4 nitrogen and oxygen atoms in total. The van der Waals surface area contributed by atoms with Gasteiger partial charge in [0.2, 0.25) is 5.91 Å². The summed E-state index contributed by atoms with van der Waals surface area (Å²) in [6.45, 7) is 4.99. The molecule has 0 radical (unpaired) electrons. The standard InChI is InChI=1S/C15H23BrN2O2/c1-3-13(17)10-11-9-12(16)5-6-14(11)20-8-7-15(19)18-4-2/h5-6,9,13H,3-4,7-8,10,17H2,1-2H3,(H,18,19). The van der Waals surface area contributed by atoms with Gasteiger partial charge < -0.3 is 15.8 Å². The second kappa shape index (κ2) is 8.97. The van der Waals surface area contributed by atoms with Crippen LogP contribution in [0, 0.1) is 0 Å². The lowest BCUT2D eigenvalue weighted by atomic mass is 10.0. The van der Waals surface area contributed by atoms with Crippen LogP contribution >= 0.6 is 15.9 Å². The molecule has 0 aliphatic rings. The van der Waals surface area contributed by atoms with E-state index in [0.29, 0.717) is 19.6 Å². The fourth-order valence-corrected chi connectivity index (χ4v) is 2.22. The molecule has 1 aromatic rings. The van der Waals surface area contributed by atoms with E-state index in [0.717, 1.165) is 28.6 Å². The third-order valence-electron chi connectivity index (χ3n) is 2.99. The van der Waals surface area contributed by atoms with Gasteiger partial charge in [0.25, 0.3) is 0 Å². The number of nitrogens with one attached hydrogen (secondary N) is 1. The van der Waals surface area contributed by atoms with Crippen molar-refractivity contribution in [3.63, 3.8) is 0 Å². The first-order valence-corrected chi connectivity index (χ1v) is 7.79. The van der Waals surface area contributed by atoms with Gasteiger partial charge in [-0.1, -0.05) is 22.9 Å². The summed E-state index contributed by atoms with van der Waals surface area (Å²) in [4.78, 5) is 11.4. The number of carbonyl (C=O) groups is 1. The summed E-state index contributed by atoms with van der Waals surface area (Å²) in [5.41, 5.74) is 7.08. The molecule has 1 unspecified atom stereocenters. The molecule has 3 N–H and O–H groups in total. The Hall–Kier alpha value is -1.07. The zero-order chi connectivity index (χ0) is 15.0. The van der Waals surface area contributed by atoms with Crippen LogP contribution in [0.4, 0.5) is 0 Å². The first kappa shape index (κ1) is 17.0. The molecule has 1 rings (SSSR count). The molecule has 0 saturated heterocycles. The average molecular weight is 343 g/mol. The molecule has 1 amide bonds. The number of benzene rings is 1. The highest BCUT2D eigenvalue weighted by Gasteiger charge is 2.09. The normalized spacial score (nSPS) is 12.0. The van der Waals surface area contributed by atoms with Crippen LogP contribution in [0.3, 0.4) is 0 Å². The Morgan fingerprint density at radius 1 is 1.45 bits per heavy atom. The largest absolute Gasteiger partial charge is 0.493 e. The Labute approximate surface area is 129 Å². The van der Waals surface area contributed by atoms with Crippen molar-refractivity contribution in [2.24, 2.45) is 5.73 Å². The van der Waals surface area contributed by atoms with E-state index in [1.807, 2.05) is 25.1 Å². The van der Waals surface area contributed by atoms with Crippen LogP contribution in [0.5, 0.6) is 5.75 Å². The van der Waals surface area contributed by atoms with E-state index < -0.39 is 0 Å². The maximum absolute atomic E-state index is 11.4. The minimum atomic E-state index is 0.0106. The molecule has 0 aliphatic carbocycles. The highest BCUT2D eigenvalue weighted by atomic mass is 79.9. The van der Waals surface area contributed by atoms with Crippen molar-refractivity contribution in [2.45, 2.75) is 39.2 Å². The van der Waals surface area contributed by atoms with Crippen molar-refractivity contribution >= 4 is 21.8 Å². The SMILES string of the molecule is CCNC(=O)CCOc1ccc(Br)cc1CC(N)CC. The Balaban J connectivity index is 2.62. The molecule has 1 atom stereocenters. The maximum Gasteiger partial charge on any atom is 0.223 e. The fourth-order valence-electron chi connectivity index (χ4n) is 1.81. The third kappa shape index (κ3) is 5.92. The van der Waals surface area contributed by atoms with Gasteiger partial charge in [0.05, 0.1) is 13.0 Å². The van der Waals surface area contributed by atoms with E-state index in [-0.39, 0.29) is 11.9 Å². The van der Waals surface area contributed by atoms with Gasteiger partial charge in [-0.25, -0.2) is 0 Å². The van der Waals surface area contributed by atoms with Crippen LogP contribution in [-0.4, -0.2) is 25.1 Å². The van der Waals surface area contributed by atoms with E-state index in [1.165, 1.54) is 0 Å². The van der Waals surface area contributed by atoms with E-state index in [2.05, 4.69) is 28.2 Å². The van der Waals surface area contributed by atoms with Gasteiger partial charge in [0.1, 0.15) is 5.75 Å². The molecule has 0 aliphatic heterocycles. The van der Waals surface area contributed by atoms with E-state index in [4.69, 9.17) is 10.5 Å². The number of rotatable bonds is 8. The van der Waals surface area contributed by atoms with Gasteiger partial charge in [-0.2, -0.15) is 0 Å². The molecular weight excluding hydrogens is 320 g/mol. The van der Waals surface area contributed by atoms with Crippen molar-refractivity contribution in [1.29, 1.82) is 0 Å². The van der Waals surface area contributed by atoms with Crippen LogP contribution in [0.1, 0.15) is 32.3 Å². The zero-order valence-electron chi connectivity index (χ0n) is 12.1. The minimum absolute atomic E-state index is 0.0106. The van der Waals surface area contributed by atoms with Crippen molar-refractivity contribution < 1.29 is 9.53 Å². The molecular formula is C15H23BrN2O2. The second-order valence-corrected chi connectivity index (χ2v) is 5.59. The van der Waals surface area contributed by atoms with Crippen molar-refractivity contribution in [3.05, 3.63) is 28.2 Å². The van der Waals surface area contributed by atoms with Crippen LogP contribution < -0.4 is 15.8 Å². The molecule has 0 bridgehead atoms. The molecule has 0 heterocycles. The van der Waals surface area contributed by atoms with Gasteiger partial charge in [-0.15, -0.1) is 0 Å². The number of ether oxygens (including phenoxy) is 1. The first-order chi connectivity index (χ1) is 9.56. The fraction of sp³-hybridized carbons (Fsp3) is 0.533. The molecule has 0 spiro atoms. The van der Waals surface area contributed by atoms with Gasteiger partial charge in [0, 0.05) is 17.1 Å². The summed E-state index contributed by atoms with van der Waals surface area (Å²) < 4.78 is 6.72. The topological polar surface area (TPSA) is 64.3 Å². The van der Waals surface area contributed by atoms with Crippen LogP contribution in [0.25, 0.3) is 0 Å². The van der Waals surface area contributed by atoms with Gasteiger partial charge >= 0.3 is 0 Å². The average Bonchev–Trinajstić information content (AvgIpc) is 2.41. The van der Waals surface area contributed by atoms with Gasteiger partial charge in [-0.05, 0) is 43.5 Å². The van der Waals surface area contributed by atoms with Gasteiger partial charge in [-0.3, -0.25) is 4.79 Å². The number of hydrogen-bond acceptors (Lipinski definition) is 3. The number of hydrogen-bond donors (Lipinski definition) is 2. The summed E-state index contributed by atoms with van der Waals surface area (Å²) in [5.74, 6) is 0.817. The van der Waals surface area contributed by atoms with E-state index >= 15 is 0 Å². The Bertz CT molecular complexity index is 438. The van der Waals surface area contributed by atoms with E-state index in [1.54, 1.807) is 0 Å². The Kier molecular flexibility index (Phi) is 7.62. The van der Waals surface area contributed by atoms with Crippen molar-refractivity contribution in [2.75, 3.05) is 13.2 Å².